The van der Waals surface area contributed by atoms with Gasteiger partial charge in [-0.15, -0.1) is 34.0 Å². The van der Waals surface area contributed by atoms with Crippen LogP contribution in [-0.2, 0) is 24.1 Å². The summed E-state index contributed by atoms with van der Waals surface area (Å²) in [5, 5.41) is 8.34. The highest BCUT2D eigenvalue weighted by molar-refractivity contribution is 7.20. The fourth-order valence-electron chi connectivity index (χ4n) is 3.33. The second-order valence-electron chi connectivity index (χ2n) is 6.48. The molecule has 140 valence electrons. The fourth-order valence-corrected chi connectivity index (χ4v) is 6.27. The number of hydrogen-bond donors (Lipinski definition) is 2. The molecule has 3 N–H and O–H groups in total. The van der Waals surface area contributed by atoms with Crippen molar-refractivity contribution >= 4 is 50.8 Å². The summed E-state index contributed by atoms with van der Waals surface area (Å²) in [6.07, 6.45) is 5.33. The van der Waals surface area contributed by atoms with Crippen molar-refractivity contribution in [2.75, 3.05) is 5.32 Å². The summed E-state index contributed by atoms with van der Waals surface area (Å²) in [6, 6.07) is 4.01. The first-order chi connectivity index (χ1) is 13.1. The standard InChI is InChI=1S/C19H19N3O2S3/c20-17(24)16-12-5-2-1-3-6-13(12)27-19(16)22-15(23)9-11-10-26-18(21-11)14-7-4-8-25-14/h4,7-8,10H,1-3,5-6,9H2,(H2,20,24)(H,22,23). The van der Waals surface area contributed by atoms with E-state index in [1.807, 2.05) is 22.9 Å². The van der Waals surface area contributed by atoms with Crippen molar-refractivity contribution in [2.45, 2.75) is 38.5 Å². The van der Waals surface area contributed by atoms with E-state index in [0.717, 1.165) is 53.2 Å². The third-order valence-electron chi connectivity index (χ3n) is 4.55. The summed E-state index contributed by atoms with van der Waals surface area (Å²) in [5.74, 6) is -0.629. The smallest absolute Gasteiger partial charge is 0.251 e. The SMILES string of the molecule is NC(=O)c1c(NC(=O)Cc2csc(-c3cccs3)n2)sc2c1CCCCC2. The highest BCUT2D eigenvalue weighted by atomic mass is 32.1. The van der Waals surface area contributed by atoms with Crippen LogP contribution in [0.2, 0.25) is 0 Å². The van der Waals surface area contributed by atoms with Crippen LogP contribution < -0.4 is 11.1 Å². The monoisotopic (exact) mass is 417 g/mol. The molecular weight excluding hydrogens is 398 g/mol. The molecule has 0 bridgehead atoms. The molecule has 2 amide bonds. The van der Waals surface area contributed by atoms with Gasteiger partial charge in [0.2, 0.25) is 5.91 Å². The topological polar surface area (TPSA) is 85.1 Å². The summed E-state index contributed by atoms with van der Waals surface area (Å²) in [7, 11) is 0. The van der Waals surface area contributed by atoms with E-state index in [-0.39, 0.29) is 12.3 Å². The molecule has 0 radical (unpaired) electrons. The van der Waals surface area contributed by atoms with Gasteiger partial charge in [-0.3, -0.25) is 9.59 Å². The number of primary amides is 1. The van der Waals surface area contributed by atoms with Gasteiger partial charge in [0.15, 0.2) is 0 Å². The van der Waals surface area contributed by atoms with Gasteiger partial charge in [0.05, 0.1) is 22.6 Å². The van der Waals surface area contributed by atoms with Crippen LogP contribution in [0.5, 0.6) is 0 Å². The van der Waals surface area contributed by atoms with Crippen LogP contribution in [0.3, 0.4) is 0 Å². The van der Waals surface area contributed by atoms with Crippen molar-refractivity contribution in [3.8, 4) is 9.88 Å². The molecule has 0 saturated carbocycles. The number of anilines is 1. The maximum atomic E-state index is 12.5. The molecule has 3 heterocycles. The van der Waals surface area contributed by atoms with Crippen molar-refractivity contribution in [1.82, 2.24) is 4.98 Å². The molecule has 4 rings (SSSR count). The largest absolute Gasteiger partial charge is 0.365 e. The second-order valence-corrected chi connectivity index (χ2v) is 9.39. The molecule has 3 aromatic rings. The highest BCUT2D eigenvalue weighted by Crippen LogP contribution is 2.37. The Labute approximate surface area is 169 Å². The van der Waals surface area contributed by atoms with E-state index in [9.17, 15) is 9.59 Å². The molecule has 0 spiro atoms. The van der Waals surface area contributed by atoms with Gasteiger partial charge in [-0.05, 0) is 42.7 Å². The molecule has 3 aromatic heterocycles. The molecule has 27 heavy (non-hydrogen) atoms. The molecular formula is C19H19N3O2S3. The fraction of sp³-hybridized carbons (Fsp3) is 0.316. The average molecular weight is 418 g/mol. The lowest BCUT2D eigenvalue weighted by molar-refractivity contribution is -0.115. The maximum Gasteiger partial charge on any atom is 0.251 e. The number of carbonyl (C=O) groups is 2. The molecule has 0 aromatic carbocycles. The van der Waals surface area contributed by atoms with E-state index in [4.69, 9.17) is 5.73 Å². The summed E-state index contributed by atoms with van der Waals surface area (Å²) >= 11 is 4.66. The van der Waals surface area contributed by atoms with Crippen LogP contribution in [0.15, 0.2) is 22.9 Å². The number of aromatic nitrogens is 1. The predicted octanol–water partition coefficient (Wildman–Crippen LogP) is 4.48. The second kappa shape index (κ2) is 7.92. The van der Waals surface area contributed by atoms with E-state index in [1.54, 1.807) is 11.3 Å². The Kier molecular flexibility index (Phi) is 5.38. The molecule has 0 atom stereocenters. The van der Waals surface area contributed by atoms with Gasteiger partial charge in [0.25, 0.3) is 5.91 Å². The van der Waals surface area contributed by atoms with Gasteiger partial charge >= 0.3 is 0 Å². The van der Waals surface area contributed by atoms with Gasteiger partial charge in [-0.2, -0.15) is 0 Å². The summed E-state index contributed by atoms with van der Waals surface area (Å²) in [4.78, 5) is 31.4. The first kappa shape index (κ1) is 18.3. The third-order valence-corrected chi connectivity index (χ3v) is 7.68. The van der Waals surface area contributed by atoms with Crippen molar-refractivity contribution in [3.05, 3.63) is 44.6 Å². The number of thiazole rings is 1. The van der Waals surface area contributed by atoms with E-state index in [1.165, 1.54) is 27.6 Å². The molecule has 1 aliphatic rings. The molecule has 8 heteroatoms. The number of nitrogens with two attached hydrogens (primary N) is 1. The van der Waals surface area contributed by atoms with Crippen molar-refractivity contribution in [1.29, 1.82) is 0 Å². The van der Waals surface area contributed by atoms with Crippen molar-refractivity contribution in [3.63, 3.8) is 0 Å². The molecule has 0 fully saturated rings. The number of rotatable bonds is 5. The molecule has 5 nitrogen and oxygen atoms in total. The Bertz CT molecular complexity index is 973. The van der Waals surface area contributed by atoms with Crippen LogP contribution >= 0.6 is 34.0 Å². The maximum absolute atomic E-state index is 12.5. The number of carbonyl (C=O) groups excluding carboxylic acids is 2. The minimum Gasteiger partial charge on any atom is -0.365 e. The minimum absolute atomic E-state index is 0.170. The first-order valence-electron chi connectivity index (χ1n) is 8.84. The van der Waals surface area contributed by atoms with Crippen LogP contribution in [0, 0.1) is 0 Å². The summed E-state index contributed by atoms with van der Waals surface area (Å²) in [6.45, 7) is 0. The zero-order valence-corrected chi connectivity index (χ0v) is 17.1. The number of amides is 2. The lowest BCUT2D eigenvalue weighted by Crippen LogP contribution is -2.19. The van der Waals surface area contributed by atoms with Crippen LogP contribution in [0.4, 0.5) is 5.00 Å². The number of thiophene rings is 2. The molecule has 1 aliphatic carbocycles. The lowest BCUT2D eigenvalue weighted by Gasteiger charge is -2.05. The average Bonchev–Trinajstić information content (AvgIpc) is 3.33. The third kappa shape index (κ3) is 3.97. The van der Waals surface area contributed by atoms with Gasteiger partial charge in [0, 0.05) is 10.3 Å². The molecule has 0 unspecified atom stereocenters. The van der Waals surface area contributed by atoms with Gasteiger partial charge in [0.1, 0.15) is 10.0 Å². The van der Waals surface area contributed by atoms with Gasteiger partial charge in [-0.1, -0.05) is 12.5 Å². The Balaban J connectivity index is 1.51. The van der Waals surface area contributed by atoms with E-state index >= 15 is 0 Å². The first-order valence-corrected chi connectivity index (χ1v) is 11.4. The minimum atomic E-state index is -0.460. The molecule has 0 aliphatic heterocycles. The van der Waals surface area contributed by atoms with Crippen LogP contribution in [0.1, 0.15) is 45.8 Å². The summed E-state index contributed by atoms with van der Waals surface area (Å²) < 4.78 is 0. The van der Waals surface area contributed by atoms with Gasteiger partial charge < -0.3 is 11.1 Å². The van der Waals surface area contributed by atoms with Crippen LogP contribution in [0.25, 0.3) is 9.88 Å². The quantitative estimate of drug-likeness (QED) is 0.600. The van der Waals surface area contributed by atoms with Crippen molar-refractivity contribution in [2.24, 2.45) is 5.73 Å². The Morgan fingerprint density at radius 3 is 2.81 bits per heavy atom. The van der Waals surface area contributed by atoms with E-state index in [2.05, 4.69) is 10.3 Å². The molecule has 0 saturated heterocycles. The lowest BCUT2D eigenvalue weighted by atomic mass is 10.1. The number of hydrogen-bond acceptors (Lipinski definition) is 6. The van der Waals surface area contributed by atoms with Crippen LogP contribution in [-0.4, -0.2) is 16.8 Å². The van der Waals surface area contributed by atoms with E-state index < -0.39 is 5.91 Å². The Morgan fingerprint density at radius 1 is 1.19 bits per heavy atom. The Morgan fingerprint density at radius 2 is 2.04 bits per heavy atom. The number of nitrogens with zero attached hydrogens (tertiary/aromatic N) is 1. The van der Waals surface area contributed by atoms with Crippen molar-refractivity contribution < 1.29 is 9.59 Å². The predicted molar refractivity (Wildman–Crippen MR) is 112 cm³/mol. The summed E-state index contributed by atoms with van der Waals surface area (Å²) in [5.41, 5.74) is 7.90. The number of nitrogens with one attached hydrogen (secondary N) is 1. The zero-order chi connectivity index (χ0) is 18.8. The number of aryl methyl sites for hydroxylation is 1. The number of fused-ring (bicyclic) bond motifs is 1. The highest BCUT2D eigenvalue weighted by Gasteiger charge is 2.24. The Hall–Kier alpha value is -2.03. The van der Waals surface area contributed by atoms with E-state index in [0.29, 0.717) is 10.6 Å². The zero-order valence-electron chi connectivity index (χ0n) is 14.6. The normalized spacial score (nSPS) is 13.8. The van der Waals surface area contributed by atoms with Gasteiger partial charge in [-0.25, -0.2) is 4.98 Å².